The molecule has 4 rings (SSSR count). The maximum atomic E-state index is 12.3. The van der Waals surface area contributed by atoms with Crippen molar-refractivity contribution in [3.05, 3.63) is 65.7 Å². The number of hydrogen-bond donors (Lipinski definition) is 1. The Bertz CT molecular complexity index is 1010. The average molecular weight is 485 g/mol. The van der Waals surface area contributed by atoms with E-state index in [1.165, 1.54) is 11.1 Å². The van der Waals surface area contributed by atoms with E-state index >= 15 is 0 Å². The van der Waals surface area contributed by atoms with Crippen LogP contribution >= 0.6 is 0 Å². The Hall–Kier alpha value is -2.26. The smallest absolute Gasteiger partial charge is 0.224 e. The maximum absolute atomic E-state index is 12.3. The summed E-state index contributed by atoms with van der Waals surface area (Å²) in [7, 11) is -3.22. The summed E-state index contributed by atoms with van der Waals surface area (Å²) in [6.45, 7) is 7.37. The van der Waals surface area contributed by atoms with Crippen LogP contribution in [0, 0.1) is 0 Å². The summed E-state index contributed by atoms with van der Waals surface area (Å²) in [6, 6.07) is 18.6. The molecule has 1 N–H and O–H groups in total. The minimum Gasteiger partial charge on any atom is -0.326 e. The molecule has 0 spiro atoms. The minimum atomic E-state index is -3.22. The van der Waals surface area contributed by atoms with Crippen LogP contribution in [0.3, 0.4) is 0 Å². The van der Waals surface area contributed by atoms with Gasteiger partial charge in [0.2, 0.25) is 15.9 Å². The molecule has 34 heavy (non-hydrogen) atoms. The van der Waals surface area contributed by atoms with E-state index in [1.807, 2.05) is 12.1 Å². The van der Waals surface area contributed by atoms with Crippen LogP contribution in [0.4, 0.5) is 5.69 Å². The van der Waals surface area contributed by atoms with E-state index < -0.39 is 10.0 Å². The third-order valence-corrected chi connectivity index (χ3v) is 8.58. The van der Waals surface area contributed by atoms with E-state index in [0.29, 0.717) is 19.5 Å². The molecule has 0 radical (unpaired) electrons. The summed E-state index contributed by atoms with van der Waals surface area (Å²) in [5, 5.41) is 2.89. The molecule has 2 aromatic carbocycles. The van der Waals surface area contributed by atoms with E-state index in [-0.39, 0.29) is 18.1 Å². The van der Waals surface area contributed by atoms with Gasteiger partial charge in [0.25, 0.3) is 0 Å². The largest absolute Gasteiger partial charge is 0.326 e. The molecule has 2 saturated heterocycles. The Labute approximate surface area is 203 Å². The van der Waals surface area contributed by atoms with Crippen molar-refractivity contribution in [3.8, 4) is 0 Å². The fourth-order valence-corrected chi connectivity index (χ4v) is 6.21. The van der Waals surface area contributed by atoms with E-state index in [2.05, 4.69) is 57.6 Å². The number of sulfonamides is 1. The highest BCUT2D eigenvalue weighted by molar-refractivity contribution is 7.89. The van der Waals surface area contributed by atoms with Crippen LogP contribution in [-0.2, 0) is 27.9 Å². The first-order valence-corrected chi connectivity index (χ1v) is 13.9. The monoisotopic (exact) mass is 484 g/mol. The molecule has 2 aliphatic rings. The molecule has 0 bridgehead atoms. The van der Waals surface area contributed by atoms with Gasteiger partial charge in [0.05, 0.1) is 5.75 Å². The highest BCUT2D eigenvalue weighted by Gasteiger charge is 2.25. The van der Waals surface area contributed by atoms with E-state index in [9.17, 15) is 13.2 Å². The fourth-order valence-electron chi connectivity index (χ4n) is 4.63. The molecule has 2 heterocycles. The Balaban J connectivity index is 1.15. The molecule has 2 aliphatic heterocycles. The van der Waals surface area contributed by atoms with Gasteiger partial charge < -0.3 is 5.32 Å². The molecule has 0 unspecified atom stereocenters. The van der Waals surface area contributed by atoms with Crippen molar-refractivity contribution in [1.82, 2.24) is 14.1 Å². The Kier molecular flexibility index (Phi) is 8.72. The highest BCUT2D eigenvalue weighted by Crippen LogP contribution is 2.16. The second-order valence-electron chi connectivity index (χ2n) is 9.31. The van der Waals surface area contributed by atoms with Crippen LogP contribution in [0.25, 0.3) is 0 Å². The zero-order valence-corrected chi connectivity index (χ0v) is 20.7. The van der Waals surface area contributed by atoms with Gasteiger partial charge in [0.1, 0.15) is 0 Å². The van der Waals surface area contributed by atoms with Crippen LogP contribution < -0.4 is 5.32 Å². The zero-order chi connectivity index (χ0) is 23.8. The zero-order valence-electron chi connectivity index (χ0n) is 19.9. The Morgan fingerprint density at radius 3 is 1.91 bits per heavy atom. The normalized spacial score (nSPS) is 18.2. The van der Waals surface area contributed by atoms with E-state index in [0.717, 1.165) is 57.8 Å². The van der Waals surface area contributed by atoms with Crippen LogP contribution in [-0.4, -0.2) is 73.5 Å². The van der Waals surface area contributed by atoms with Crippen molar-refractivity contribution in [2.24, 2.45) is 0 Å². The summed E-state index contributed by atoms with van der Waals surface area (Å²) >= 11 is 0. The van der Waals surface area contributed by atoms with E-state index in [4.69, 9.17) is 0 Å². The lowest BCUT2D eigenvalue weighted by Gasteiger charge is -2.34. The first-order valence-electron chi connectivity index (χ1n) is 12.3. The number of amides is 1. The first kappa shape index (κ1) is 24.9. The van der Waals surface area contributed by atoms with Gasteiger partial charge in [-0.1, -0.05) is 42.5 Å². The van der Waals surface area contributed by atoms with Crippen LogP contribution in [0.2, 0.25) is 0 Å². The van der Waals surface area contributed by atoms with Gasteiger partial charge in [0.15, 0.2) is 0 Å². The number of rotatable bonds is 10. The van der Waals surface area contributed by atoms with Gasteiger partial charge in [0, 0.05) is 64.5 Å². The minimum absolute atomic E-state index is 0.0397. The second-order valence-corrected chi connectivity index (χ2v) is 11.4. The molecule has 0 aliphatic carbocycles. The van der Waals surface area contributed by atoms with Crippen molar-refractivity contribution >= 4 is 21.6 Å². The molecule has 2 aromatic rings. The summed E-state index contributed by atoms with van der Waals surface area (Å²) < 4.78 is 26.1. The predicted octanol–water partition coefficient (Wildman–Crippen LogP) is 3.15. The van der Waals surface area contributed by atoms with Gasteiger partial charge in [-0.25, -0.2) is 12.7 Å². The lowest BCUT2D eigenvalue weighted by molar-refractivity contribution is -0.116. The van der Waals surface area contributed by atoms with Gasteiger partial charge in [-0.15, -0.1) is 0 Å². The quantitative estimate of drug-likeness (QED) is 0.561. The molecule has 0 atom stereocenters. The van der Waals surface area contributed by atoms with Crippen LogP contribution in [0.1, 0.15) is 36.8 Å². The topological polar surface area (TPSA) is 73.0 Å². The first-order chi connectivity index (χ1) is 16.5. The Morgan fingerprint density at radius 2 is 1.32 bits per heavy atom. The summed E-state index contributed by atoms with van der Waals surface area (Å²) in [6.07, 6.45) is 2.42. The van der Waals surface area contributed by atoms with Crippen molar-refractivity contribution < 1.29 is 13.2 Å². The Morgan fingerprint density at radius 1 is 0.765 bits per heavy atom. The molecule has 8 heteroatoms. The maximum Gasteiger partial charge on any atom is 0.224 e. The van der Waals surface area contributed by atoms with Gasteiger partial charge in [-0.3, -0.25) is 14.6 Å². The van der Waals surface area contributed by atoms with Crippen molar-refractivity contribution in [3.63, 3.8) is 0 Å². The summed E-state index contributed by atoms with van der Waals surface area (Å²) in [5.74, 6) is -0.100. The fraction of sp³-hybridized carbons (Fsp3) is 0.500. The predicted molar refractivity (Wildman–Crippen MR) is 136 cm³/mol. The third-order valence-electron chi connectivity index (χ3n) is 6.62. The molecular weight excluding hydrogens is 448 g/mol. The molecule has 2 fully saturated rings. The van der Waals surface area contributed by atoms with Gasteiger partial charge in [-0.05, 0) is 42.5 Å². The molecule has 7 nitrogen and oxygen atoms in total. The number of benzene rings is 2. The van der Waals surface area contributed by atoms with Crippen LogP contribution in [0.5, 0.6) is 0 Å². The molecule has 0 saturated carbocycles. The number of anilines is 1. The summed E-state index contributed by atoms with van der Waals surface area (Å²) in [5.41, 5.74) is 3.34. The lowest BCUT2D eigenvalue weighted by Crippen LogP contribution is -2.45. The second kappa shape index (κ2) is 11.9. The van der Waals surface area contributed by atoms with Gasteiger partial charge >= 0.3 is 0 Å². The van der Waals surface area contributed by atoms with Crippen molar-refractivity contribution in [2.45, 2.75) is 38.8 Å². The molecule has 1 amide bonds. The average Bonchev–Trinajstić information content (AvgIpc) is 3.39. The number of nitrogens with one attached hydrogen (secondary N) is 1. The number of piperazine rings is 1. The van der Waals surface area contributed by atoms with Crippen LogP contribution in [0.15, 0.2) is 54.6 Å². The number of hydrogen-bond acceptors (Lipinski definition) is 5. The molecule has 0 aromatic heterocycles. The van der Waals surface area contributed by atoms with E-state index in [1.54, 1.807) is 4.31 Å². The molecule has 184 valence electrons. The third kappa shape index (κ3) is 7.37. The number of carbonyl (C=O) groups excluding carboxylic acids is 1. The highest BCUT2D eigenvalue weighted by atomic mass is 32.2. The molecular formula is C26H36N4O3S. The SMILES string of the molecule is O=C(CCCS(=O)(=O)N1CCCC1)Nc1ccc(CN2CCN(Cc3ccccc3)CC2)cc1. The van der Waals surface area contributed by atoms with Gasteiger partial charge in [-0.2, -0.15) is 0 Å². The van der Waals surface area contributed by atoms with Crippen molar-refractivity contribution in [1.29, 1.82) is 0 Å². The standard InChI is InChI=1S/C26H36N4O3S/c31-26(9-6-20-34(32,33)30-14-4-5-15-30)27-25-12-10-24(11-13-25)22-29-18-16-28(17-19-29)21-23-7-2-1-3-8-23/h1-3,7-8,10-13H,4-6,9,14-22H2,(H,27,31). The van der Waals surface area contributed by atoms with Crippen molar-refractivity contribution in [2.75, 3.05) is 50.3 Å². The number of carbonyl (C=O) groups is 1. The summed E-state index contributed by atoms with van der Waals surface area (Å²) in [4.78, 5) is 17.2. The lowest BCUT2D eigenvalue weighted by atomic mass is 10.1. The number of nitrogens with zero attached hydrogens (tertiary/aromatic N) is 3.